The summed E-state index contributed by atoms with van der Waals surface area (Å²) < 4.78 is 0. The lowest BCUT2D eigenvalue weighted by molar-refractivity contribution is -0.297. The lowest BCUT2D eigenvalue weighted by Crippen LogP contribution is -2.19. The van der Waals surface area contributed by atoms with Crippen molar-refractivity contribution in [2.75, 3.05) is 0 Å². The van der Waals surface area contributed by atoms with Gasteiger partial charge in [0.05, 0.1) is 5.97 Å². The van der Waals surface area contributed by atoms with Crippen LogP contribution in [0.4, 0.5) is 0 Å². The number of carbonyl (C=O) groups is 2. The van der Waals surface area contributed by atoms with Crippen LogP contribution in [0.25, 0.3) is 0 Å². The van der Waals surface area contributed by atoms with Crippen molar-refractivity contribution < 1.29 is 14.7 Å². The Morgan fingerprint density at radius 3 is 2.17 bits per heavy atom. The summed E-state index contributed by atoms with van der Waals surface area (Å²) in [5.74, 6) is -1.06. The normalized spacial score (nSPS) is 12.4. The Bertz CT molecular complexity index is 387. The van der Waals surface area contributed by atoms with Crippen LogP contribution < -0.4 is 5.11 Å². The van der Waals surface area contributed by atoms with Gasteiger partial charge in [-0.3, -0.25) is 4.79 Å². The van der Waals surface area contributed by atoms with Crippen molar-refractivity contribution >= 4 is 11.8 Å². The Hall–Kier alpha value is -1.64. The fourth-order valence-corrected chi connectivity index (χ4v) is 1.45. The molecule has 100 valence electrons. The van der Waals surface area contributed by atoms with Gasteiger partial charge in [0.25, 0.3) is 0 Å². The van der Waals surface area contributed by atoms with Crippen LogP contribution in [0.2, 0.25) is 0 Å². The van der Waals surface area contributed by atoms with Gasteiger partial charge in [0.2, 0.25) is 0 Å². The molecule has 0 aliphatic carbocycles. The van der Waals surface area contributed by atoms with E-state index in [0.717, 1.165) is 30.1 Å². The largest absolute Gasteiger partial charge is 0.545 e. The highest BCUT2D eigenvalue weighted by Crippen LogP contribution is 2.11. The number of ketones is 1. The molecule has 0 fully saturated rings. The molecule has 18 heavy (non-hydrogen) atoms. The van der Waals surface area contributed by atoms with Crippen LogP contribution in [-0.4, -0.2) is 11.8 Å². The number of rotatable bonds is 8. The first kappa shape index (κ1) is 16.4. The molecule has 0 amide bonds. The Morgan fingerprint density at radius 2 is 1.67 bits per heavy atom. The van der Waals surface area contributed by atoms with E-state index in [9.17, 15) is 14.7 Å². The molecule has 0 unspecified atom stereocenters. The molecular formula is C15H21O3-. The fraction of sp³-hybridized carbons (Fsp3) is 0.467. The zero-order valence-corrected chi connectivity index (χ0v) is 11.4. The Balaban J connectivity index is 4.02. The monoisotopic (exact) mass is 249 g/mol. The van der Waals surface area contributed by atoms with Crippen LogP contribution in [-0.2, 0) is 9.59 Å². The third-order valence-corrected chi connectivity index (χ3v) is 2.62. The third-order valence-electron chi connectivity index (χ3n) is 2.62. The Kier molecular flexibility index (Phi) is 7.68. The van der Waals surface area contributed by atoms with E-state index >= 15 is 0 Å². The standard InChI is InChI=1S/C15H22O3/c1-11(2)14(16)9-8-12(3)6-5-7-13(4)10-15(17)18/h6,10H,1,5,7-9H2,2-4H3,(H,17,18)/p-1/b12-6+,13-10+. The molecule has 0 saturated carbocycles. The molecule has 0 radical (unpaired) electrons. The summed E-state index contributed by atoms with van der Waals surface area (Å²) >= 11 is 0. The number of allylic oxidation sites excluding steroid dienone is 4. The first-order valence-corrected chi connectivity index (χ1v) is 6.05. The summed E-state index contributed by atoms with van der Waals surface area (Å²) in [6.07, 6.45) is 5.86. The molecule has 3 nitrogen and oxygen atoms in total. The van der Waals surface area contributed by atoms with E-state index < -0.39 is 5.97 Å². The predicted molar refractivity (Wildman–Crippen MR) is 70.8 cm³/mol. The second kappa shape index (κ2) is 8.45. The lowest BCUT2D eigenvalue weighted by Gasteiger charge is -2.03. The zero-order valence-electron chi connectivity index (χ0n) is 11.4. The van der Waals surface area contributed by atoms with Crippen molar-refractivity contribution in [1.29, 1.82) is 0 Å². The Labute approximate surface area is 109 Å². The summed E-state index contributed by atoms with van der Waals surface area (Å²) in [6, 6.07) is 0. The molecule has 0 aliphatic rings. The molecule has 0 aromatic rings. The maximum Gasteiger partial charge on any atom is 0.158 e. The molecule has 0 atom stereocenters. The van der Waals surface area contributed by atoms with Gasteiger partial charge in [-0.15, -0.1) is 0 Å². The van der Waals surface area contributed by atoms with Crippen LogP contribution in [0.15, 0.2) is 35.5 Å². The second-order valence-electron chi connectivity index (χ2n) is 4.60. The average molecular weight is 249 g/mol. The smallest absolute Gasteiger partial charge is 0.158 e. The molecular weight excluding hydrogens is 228 g/mol. The van der Waals surface area contributed by atoms with Crippen LogP contribution in [0.3, 0.4) is 0 Å². The van der Waals surface area contributed by atoms with E-state index in [1.165, 1.54) is 0 Å². The van der Waals surface area contributed by atoms with Gasteiger partial charge >= 0.3 is 0 Å². The van der Waals surface area contributed by atoms with Gasteiger partial charge in [-0.05, 0) is 51.7 Å². The molecule has 3 heteroatoms. The van der Waals surface area contributed by atoms with E-state index in [4.69, 9.17) is 0 Å². The lowest BCUT2D eigenvalue weighted by atomic mass is 10.0. The molecule has 0 aromatic carbocycles. The second-order valence-corrected chi connectivity index (χ2v) is 4.60. The molecule has 0 saturated heterocycles. The van der Waals surface area contributed by atoms with Crippen molar-refractivity contribution in [1.82, 2.24) is 0 Å². The first-order valence-electron chi connectivity index (χ1n) is 6.05. The number of carboxylic acid groups (broad SMARTS) is 1. The van der Waals surface area contributed by atoms with Crippen LogP contribution in [0, 0.1) is 0 Å². The van der Waals surface area contributed by atoms with Crippen molar-refractivity contribution in [3.8, 4) is 0 Å². The van der Waals surface area contributed by atoms with E-state index in [1.807, 2.05) is 13.0 Å². The number of aliphatic carboxylic acids is 1. The number of carboxylic acids is 1. The van der Waals surface area contributed by atoms with Crippen LogP contribution >= 0.6 is 0 Å². The topological polar surface area (TPSA) is 57.2 Å². The molecule has 0 aromatic heterocycles. The highest BCUT2D eigenvalue weighted by atomic mass is 16.4. The molecule has 0 rings (SSSR count). The van der Waals surface area contributed by atoms with Gasteiger partial charge in [0, 0.05) is 6.42 Å². The van der Waals surface area contributed by atoms with Crippen LogP contribution in [0.1, 0.15) is 46.5 Å². The molecule has 0 aliphatic heterocycles. The summed E-state index contributed by atoms with van der Waals surface area (Å²) in [7, 11) is 0. The summed E-state index contributed by atoms with van der Waals surface area (Å²) in [5.41, 5.74) is 2.53. The van der Waals surface area contributed by atoms with Crippen molar-refractivity contribution in [2.24, 2.45) is 0 Å². The molecule has 0 spiro atoms. The summed E-state index contributed by atoms with van der Waals surface area (Å²) in [6.45, 7) is 9.07. The number of Topliss-reactive ketones (excluding diaryl/α,β-unsaturated/α-hetero) is 1. The third kappa shape index (κ3) is 8.50. The highest BCUT2D eigenvalue weighted by Gasteiger charge is 2.02. The van der Waals surface area contributed by atoms with E-state index in [1.54, 1.807) is 13.8 Å². The quantitative estimate of drug-likeness (QED) is 0.490. The average Bonchev–Trinajstić information content (AvgIpc) is 2.24. The van der Waals surface area contributed by atoms with Crippen molar-refractivity contribution in [3.05, 3.63) is 35.5 Å². The summed E-state index contributed by atoms with van der Waals surface area (Å²) in [5, 5.41) is 10.3. The zero-order chi connectivity index (χ0) is 14.1. The van der Waals surface area contributed by atoms with E-state index in [2.05, 4.69) is 6.58 Å². The fourth-order valence-electron chi connectivity index (χ4n) is 1.45. The molecule has 0 heterocycles. The van der Waals surface area contributed by atoms with Gasteiger partial charge in [-0.2, -0.15) is 0 Å². The van der Waals surface area contributed by atoms with Gasteiger partial charge in [-0.1, -0.05) is 23.8 Å². The number of hydrogen-bond acceptors (Lipinski definition) is 3. The Morgan fingerprint density at radius 1 is 1.06 bits per heavy atom. The summed E-state index contributed by atoms with van der Waals surface area (Å²) in [4.78, 5) is 21.6. The van der Waals surface area contributed by atoms with Crippen molar-refractivity contribution in [3.63, 3.8) is 0 Å². The maximum absolute atomic E-state index is 11.3. The van der Waals surface area contributed by atoms with Crippen molar-refractivity contribution in [2.45, 2.75) is 46.5 Å². The van der Waals surface area contributed by atoms with Gasteiger partial charge < -0.3 is 9.90 Å². The highest BCUT2D eigenvalue weighted by molar-refractivity contribution is 5.94. The van der Waals surface area contributed by atoms with Gasteiger partial charge in [-0.25, -0.2) is 0 Å². The molecule has 0 bridgehead atoms. The molecule has 0 N–H and O–H groups in total. The van der Waals surface area contributed by atoms with E-state index in [0.29, 0.717) is 18.4 Å². The first-order chi connectivity index (χ1) is 8.32. The van der Waals surface area contributed by atoms with Gasteiger partial charge in [0.1, 0.15) is 0 Å². The van der Waals surface area contributed by atoms with E-state index in [-0.39, 0.29) is 5.78 Å². The number of carbonyl (C=O) groups excluding carboxylic acids is 2. The minimum absolute atomic E-state index is 0.0933. The SMILES string of the molecule is C=C(C)C(=O)CC/C(C)=C/CC/C(C)=C/C(=O)[O-]. The predicted octanol–water partition coefficient (Wildman–Crippen LogP) is 2.33. The number of hydrogen-bond donors (Lipinski definition) is 0. The minimum atomic E-state index is -1.15. The van der Waals surface area contributed by atoms with Gasteiger partial charge in [0.15, 0.2) is 5.78 Å². The maximum atomic E-state index is 11.3. The van der Waals surface area contributed by atoms with Crippen LogP contribution in [0.5, 0.6) is 0 Å². The minimum Gasteiger partial charge on any atom is -0.545 e.